The molecule has 34 heavy (non-hydrogen) atoms. The first kappa shape index (κ1) is 23.3. The third-order valence-electron chi connectivity index (χ3n) is 5.57. The molecule has 0 atom stereocenters. The van der Waals surface area contributed by atoms with E-state index in [1.54, 1.807) is 48.5 Å². The smallest absolute Gasteiger partial charge is 0.264 e. The molecule has 0 saturated carbocycles. The van der Waals surface area contributed by atoms with Gasteiger partial charge in [-0.2, -0.15) is 0 Å². The second-order valence-electron chi connectivity index (χ2n) is 7.91. The Kier molecular flexibility index (Phi) is 6.84. The van der Waals surface area contributed by atoms with Crippen LogP contribution in [0.5, 0.6) is 5.75 Å². The minimum atomic E-state index is -3.69. The Morgan fingerprint density at radius 2 is 1.56 bits per heavy atom. The molecule has 0 aliphatic rings. The van der Waals surface area contributed by atoms with Crippen LogP contribution in [0.25, 0.3) is 10.8 Å². The summed E-state index contributed by atoms with van der Waals surface area (Å²) < 4.78 is 32.8. The van der Waals surface area contributed by atoms with Crippen LogP contribution < -0.4 is 14.4 Å². The van der Waals surface area contributed by atoms with Gasteiger partial charge in [-0.15, -0.1) is 0 Å². The van der Waals surface area contributed by atoms with Gasteiger partial charge in [0.25, 0.3) is 15.9 Å². The van der Waals surface area contributed by atoms with E-state index in [0.717, 1.165) is 22.1 Å². The molecule has 0 spiro atoms. The lowest BCUT2D eigenvalue weighted by Crippen LogP contribution is -2.28. The Hall–Kier alpha value is -3.84. The van der Waals surface area contributed by atoms with E-state index in [-0.39, 0.29) is 10.8 Å². The second kappa shape index (κ2) is 9.97. The van der Waals surface area contributed by atoms with Gasteiger partial charge in [-0.05, 0) is 54.8 Å². The molecule has 0 aliphatic heterocycles. The van der Waals surface area contributed by atoms with Crippen LogP contribution in [0.1, 0.15) is 15.9 Å². The van der Waals surface area contributed by atoms with Gasteiger partial charge in [0.1, 0.15) is 12.4 Å². The van der Waals surface area contributed by atoms with Gasteiger partial charge in [0.05, 0.1) is 17.1 Å². The van der Waals surface area contributed by atoms with Crippen molar-refractivity contribution in [3.63, 3.8) is 0 Å². The first-order valence-electron chi connectivity index (χ1n) is 10.9. The van der Waals surface area contributed by atoms with Crippen molar-refractivity contribution in [3.8, 4) is 5.75 Å². The van der Waals surface area contributed by atoms with Crippen LogP contribution in [-0.4, -0.2) is 34.5 Å². The predicted molar refractivity (Wildman–Crippen MR) is 135 cm³/mol. The van der Waals surface area contributed by atoms with Gasteiger partial charge in [-0.25, -0.2) is 8.42 Å². The highest BCUT2D eigenvalue weighted by Gasteiger charge is 2.21. The van der Waals surface area contributed by atoms with E-state index in [1.807, 2.05) is 49.4 Å². The minimum absolute atomic E-state index is 0.216. The highest BCUT2D eigenvalue weighted by atomic mass is 32.2. The number of anilines is 1. The maximum absolute atomic E-state index is 12.9. The number of carbonyl (C=O) groups is 1. The van der Waals surface area contributed by atoms with Crippen molar-refractivity contribution in [2.45, 2.75) is 11.8 Å². The van der Waals surface area contributed by atoms with Crippen molar-refractivity contribution < 1.29 is 17.9 Å². The van der Waals surface area contributed by atoms with Crippen molar-refractivity contribution in [1.82, 2.24) is 5.32 Å². The summed E-state index contributed by atoms with van der Waals surface area (Å²) in [5.74, 6) is 0.520. The molecule has 1 amide bonds. The van der Waals surface area contributed by atoms with Crippen molar-refractivity contribution >= 4 is 32.4 Å². The molecule has 4 rings (SSSR count). The number of fused-ring (bicyclic) bond motifs is 1. The highest BCUT2D eigenvalue weighted by Crippen LogP contribution is 2.25. The zero-order chi connectivity index (χ0) is 24.1. The van der Waals surface area contributed by atoms with E-state index >= 15 is 0 Å². The average Bonchev–Trinajstić information content (AvgIpc) is 2.86. The first-order chi connectivity index (χ1) is 16.4. The molecule has 0 aromatic heterocycles. The first-order valence-corrected chi connectivity index (χ1v) is 12.3. The van der Waals surface area contributed by atoms with Crippen molar-refractivity contribution in [3.05, 3.63) is 102 Å². The quantitative estimate of drug-likeness (QED) is 0.373. The van der Waals surface area contributed by atoms with E-state index < -0.39 is 10.0 Å². The summed E-state index contributed by atoms with van der Waals surface area (Å²) in [6.45, 7) is 2.57. The molecule has 0 heterocycles. The monoisotopic (exact) mass is 474 g/mol. The molecule has 4 aromatic carbocycles. The summed E-state index contributed by atoms with van der Waals surface area (Å²) >= 11 is 0. The fourth-order valence-electron chi connectivity index (χ4n) is 3.58. The number of amides is 1. The van der Waals surface area contributed by atoms with Crippen LogP contribution in [0.4, 0.5) is 5.69 Å². The molecular formula is C27H26N2O4S. The zero-order valence-electron chi connectivity index (χ0n) is 19.1. The topological polar surface area (TPSA) is 75.7 Å². The average molecular weight is 475 g/mol. The Morgan fingerprint density at radius 3 is 2.29 bits per heavy atom. The minimum Gasteiger partial charge on any atom is -0.491 e. The van der Waals surface area contributed by atoms with Crippen molar-refractivity contribution in [2.75, 3.05) is 24.5 Å². The van der Waals surface area contributed by atoms with E-state index in [9.17, 15) is 13.2 Å². The summed E-state index contributed by atoms with van der Waals surface area (Å²) in [4.78, 5) is 12.7. The fraction of sp³-hybridized carbons (Fsp3) is 0.148. The lowest BCUT2D eigenvalue weighted by molar-refractivity contribution is 0.0947. The molecule has 0 saturated heterocycles. The summed E-state index contributed by atoms with van der Waals surface area (Å²) in [6.07, 6.45) is 0. The van der Waals surface area contributed by atoms with E-state index in [2.05, 4.69) is 5.32 Å². The van der Waals surface area contributed by atoms with Gasteiger partial charge >= 0.3 is 0 Å². The molecule has 6 nitrogen and oxygen atoms in total. The largest absolute Gasteiger partial charge is 0.491 e. The SMILES string of the molecule is Cc1ccc(S(=O)(=O)N(C)c2ccc(C(=O)NCCOc3cccc4ccccc34)cc2)cc1. The van der Waals surface area contributed by atoms with Crippen LogP contribution in [0.3, 0.4) is 0 Å². The Labute approximate surface area is 199 Å². The Bertz CT molecular complexity index is 1390. The number of rotatable bonds is 8. The van der Waals surface area contributed by atoms with Gasteiger partial charge in [0.15, 0.2) is 0 Å². The molecule has 174 valence electrons. The van der Waals surface area contributed by atoms with Gasteiger partial charge in [0.2, 0.25) is 0 Å². The number of hydrogen-bond donors (Lipinski definition) is 1. The number of nitrogens with zero attached hydrogens (tertiary/aromatic N) is 1. The molecule has 7 heteroatoms. The molecule has 0 fully saturated rings. The maximum Gasteiger partial charge on any atom is 0.264 e. The number of sulfonamides is 1. The van der Waals surface area contributed by atoms with Crippen molar-refractivity contribution in [2.24, 2.45) is 0 Å². The number of hydrogen-bond acceptors (Lipinski definition) is 4. The van der Waals surface area contributed by atoms with Crippen LogP contribution in [0.2, 0.25) is 0 Å². The number of aryl methyl sites for hydroxylation is 1. The van der Waals surface area contributed by atoms with E-state index in [1.165, 1.54) is 11.4 Å². The van der Waals surface area contributed by atoms with Gasteiger partial charge < -0.3 is 10.1 Å². The third kappa shape index (κ3) is 5.05. The molecule has 0 aliphatic carbocycles. The molecule has 0 bridgehead atoms. The van der Waals surface area contributed by atoms with Crippen LogP contribution in [0.15, 0.2) is 95.9 Å². The molecule has 1 N–H and O–H groups in total. The standard InChI is InChI=1S/C27H26N2O4S/c1-20-10-16-24(17-11-20)34(31,32)29(2)23-14-12-22(13-15-23)27(30)28-18-19-33-26-9-5-7-21-6-3-4-8-25(21)26/h3-17H,18-19H2,1-2H3,(H,28,30). The molecule has 4 aromatic rings. The van der Waals surface area contributed by atoms with E-state index in [0.29, 0.717) is 24.4 Å². The Balaban J connectivity index is 1.34. The van der Waals surface area contributed by atoms with Gasteiger partial charge in [-0.1, -0.05) is 54.1 Å². The lowest BCUT2D eigenvalue weighted by Gasteiger charge is -2.20. The summed E-state index contributed by atoms with van der Waals surface area (Å²) in [7, 11) is -2.19. The number of benzene rings is 4. The van der Waals surface area contributed by atoms with Crippen LogP contribution in [-0.2, 0) is 10.0 Å². The fourth-order valence-corrected chi connectivity index (χ4v) is 4.77. The molecule has 0 unspecified atom stereocenters. The summed E-state index contributed by atoms with van der Waals surface area (Å²) in [5, 5.41) is 4.95. The zero-order valence-corrected chi connectivity index (χ0v) is 19.9. The lowest BCUT2D eigenvalue weighted by atomic mass is 10.1. The van der Waals surface area contributed by atoms with Crippen LogP contribution >= 0.6 is 0 Å². The number of ether oxygens (including phenoxy) is 1. The van der Waals surface area contributed by atoms with Crippen LogP contribution in [0, 0.1) is 6.92 Å². The van der Waals surface area contributed by atoms with Gasteiger partial charge in [0, 0.05) is 18.0 Å². The maximum atomic E-state index is 12.9. The van der Waals surface area contributed by atoms with Crippen molar-refractivity contribution in [1.29, 1.82) is 0 Å². The Morgan fingerprint density at radius 1 is 0.882 bits per heavy atom. The highest BCUT2D eigenvalue weighted by molar-refractivity contribution is 7.92. The normalized spacial score (nSPS) is 11.2. The number of nitrogens with one attached hydrogen (secondary N) is 1. The third-order valence-corrected chi connectivity index (χ3v) is 7.37. The number of carbonyl (C=O) groups excluding carboxylic acids is 1. The predicted octanol–water partition coefficient (Wildman–Crippen LogP) is 4.78. The summed E-state index contributed by atoms with van der Waals surface area (Å²) in [6, 6.07) is 27.0. The van der Waals surface area contributed by atoms with Gasteiger partial charge in [-0.3, -0.25) is 9.10 Å². The molecule has 0 radical (unpaired) electrons. The van der Waals surface area contributed by atoms with E-state index in [4.69, 9.17) is 4.74 Å². The molecular weight excluding hydrogens is 448 g/mol. The summed E-state index contributed by atoms with van der Waals surface area (Å²) in [5.41, 5.74) is 1.89. The second-order valence-corrected chi connectivity index (χ2v) is 9.88.